The van der Waals surface area contributed by atoms with Gasteiger partial charge in [0.25, 0.3) is 0 Å². The SMILES string of the molecule is CCOC(=O)/C(=C/NCC(F)(F)F)C(=N)N1CCOCC1. The topological polar surface area (TPSA) is 74.7 Å². The first kappa shape index (κ1) is 17.3. The summed E-state index contributed by atoms with van der Waals surface area (Å²) in [6, 6.07) is 0. The van der Waals surface area contributed by atoms with Crippen LogP contribution in [-0.2, 0) is 14.3 Å². The van der Waals surface area contributed by atoms with Crippen LogP contribution in [0.15, 0.2) is 11.8 Å². The van der Waals surface area contributed by atoms with Crippen molar-refractivity contribution in [1.29, 1.82) is 5.41 Å². The van der Waals surface area contributed by atoms with E-state index in [1.165, 1.54) is 0 Å². The van der Waals surface area contributed by atoms with E-state index in [1.54, 1.807) is 11.8 Å². The summed E-state index contributed by atoms with van der Waals surface area (Å²) in [5.41, 5.74) is -0.233. The van der Waals surface area contributed by atoms with Crippen molar-refractivity contribution < 1.29 is 27.4 Å². The third-order valence-electron chi connectivity index (χ3n) is 2.63. The number of morpholine rings is 1. The molecule has 1 aliphatic rings. The van der Waals surface area contributed by atoms with Gasteiger partial charge in [0, 0.05) is 19.3 Å². The van der Waals surface area contributed by atoms with Crippen molar-refractivity contribution in [2.75, 3.05) is 39.5 Å². The second-order valence-corrected chi connectivity index (χ2v) is 4.22. The summed E-state index contributed by atoms with van der Waals surface area (Å²) in [4.78, 5) is 13.3. The molecule has 0 saturated carbocycles. The van der Waals surface area contributed by atoms with Gasteiger partial charge in [0.1, 0.15) is 18.0 Å². The minimum atomic E-state index is -4.41. The van der Waals surface area contributed by atoms with Crippen LogP contribution in [0, 0.1) is 5.41 Å². The van der Waals surface area contributed by atoms with Crippen LogP contribution >= 0.6 is 0 Å². The predicted octanol–water partition coefficient (Wildman–Crippen LogP) is 0.895. The molecule has 0 amide bonds. The molecule has 0 aromatic carbocycles. The van der Waals surface area contributed by atoms with Crippen LogP contribution in [0.5, 0.6) is 0 Å². The highest BCUT2D eigenvalue weighted by molar-refractivity contribution is 6.17. The highest BCUT2D eigenvalue weighted by atomic mass is 19.4. The maximum atomic E-state index is 12.1. The van der Waals surface area contributed by atoms with E-state index in [0.717, 1.165) is 6.20 Å². The Labute approximate surface area is 120 Å². The summed E-state index contributed by atoms with van der Waals surface area (Å²) in [6.07, 6.45) is -3.53. The molecule has 0 radical (unpaired) electrons. The maximum Gasteiger partial charge on any atom is 0.405 e. The van der Waals surface area contributed by atoms with E-state index in [2.05, 4.69) is 0 Å². The molecule has 2 N–H and O–H groups in total. The molecule has 1 fully saturated rings. The molecule has 0 aromatic rings. The molecule has 1 rings (SSSR count). The first-order valence-electron chi connectivity index (χ1n) is 6.44. The zero-order valence-electron chi connectivity index (χ0n) is 11.6. The molecule has 0 spiro atoms. The van der Waals surface area contributed by atoms with Crippen molar-refractivity contribution in [3.8, 4) is 0 Å². The molecule has 120 valence electrons. The summed E-state index contributed by atoms with van der Waals surface area (Å²) in [5, 5.41) is 9.96. The lowest BCUT2D eigenvalue weighted by Gasteiger charge is -2.29. The first-order chi connectivity index (χ1) is 9.85. The third-order valence-corrected chi connectivity index (χ3v) is 2.63. The number of esters is 1. The number of carbonyl (C=O) groups is 1. The van der Waals surface area contributed by atoms with Gasteiger partial charge in [0.15, 0.2) is 0 Å². The van der Waals surface area contributed by atoms with Gasteiger partial charge in [-0.25, -0.2) is 4.79 Å². The lowest BCUT2D eigenvalue weighted by atomic mass is 10.2. The highest BCUT2D eigenvalue weighted by Gasteiger charge is 2.27. The number of hydrogen-bond donors (Lipinski definition) is 2. The number of carbonyl (C=O) groups excluding carboxylic acids is 1. The maximum absolute atomic E-state index is 12.1. The van der Waals surface area contributed by atoms with E-state index in [9.17, 15) is 18.0 Å². The lowest BCUT2D eigenvalue weighted by molar-refractivity contribution is -0.138. The standard InChI is InChI=1S/C12H18F3N3O3/c1-2-21-11(19)9(7-17-8-12(13,14)15)10(16)18-3-5-20-6-4-18/h7,16-17H,2-6,8H2,1H3/b9-7+,16-10?. The Morgan fingerprint density at radius 1 is 1.43 bits per heavy atom. The van der Waals surface area contributed by atoms with Gasteiger partial charge in [-0.05, 0) is 6.92 Å². The van der Waals surface area contributed by atoms with Gasteiger partial charge in [-0.15, -0.1) is 0 Å². The Morgan fingerprint density at radius 2 is 2.05 bits per heavy atom. The quantitative estimate of drug-likeness (QED) is 0.341. The molecule has 0 bridgehead atoms. The smallest absolute Gasteiger partial charge is 0.405 e. The molecule has 21 heavy (non-hydrogen) atoms. The van der Waals surface area contributed by atoms with Crippen LogP contribution in [0.3, 0.4) is 0 Å². The van der Waals surface area contributed by atoms with Crippen LogP contribution in [0.2, 0.25) is 0 Å². The average Bonchev–Trinajstić information content (AvgIpc) is 2.43. The average molecular weight is 309 g/mol. The summed E-state index contributed by atoms with van der Waals surface area (Å²) < 4.78 is 46.3. The predicted molar refractivity (Wildman–Crippen MR) is 68.9 cm³/mol. The molecule has 9 heteroatoms. The molecule has 1 saturated heterocycles. The fraction of sp³-hybridized carbons (Fsp3) is 0.667. The fourth-order valence-electron chi connectivity index (χ4n) is 1.66. The highest BCUT2D eigenvalue weighted by Crippen LogP contribution is 2.13. The van der Waals surface area contributed by atoms with Gasteiger partial charge in [-0.3, -0.25) is 5.41 Å². The van der Waals surface area contributed by atoms with Gasteiger partial charge < -0.3 is 19.7 Å². The minimum Gasteiger partial charge on any atom is -0.462 e. The summed E-state index contributed by atoms with van der Waals surface area (Å²) in [6.45, 7) is 1.96. The van der Waals surface area contributed by atoms with Crippen molar-refractivity contribution in [3.63, 3.8) is 0 Å². The number of nitrogens with zero attached hydrogens (tertiary/aromatic N) is 1. The van der Waals surface area contributed by atoms with E-state index in [-0.39, 0.29) is 18.0 Å². The monoisotopic (exact) mass is 309 g/mol. The minimum absolute atomic E-state index is 0.0752. The Hall–Kier alpha value is -1.77. The van der Waals surface area contributed by atoms with Crippen LogP contribution < -0.4 is 5.32 Å². The molecule has 0 aromatic heterocycles. The Morgan fingerprint density at radius 3 is 2.57 bits per heavy atom. The molecule has 0 aliphatic carbocycles. The summed E-state index contributed by atoms with van der Waals surface area (Å²) in [7, 11) is 0. The molecule has 6 nitrogen and oxygen atoms in total. The molecule has 0 atom stereocenters. The van der Waals surface area contributed by atoms with E-state index in [1.807, 2.05) is 5.32 Å². The van der Waals surface area contributed by atoms with Crippen molar-refractivity contribution >= 4 is 11.8 Å². The number of halogens is 3. The zero-order chi connectivity index (χ0) is 15.9. The zero-order valence-corrected chi connectivity index (χ0v) is 11.6. The fourth-order valence-corrected chi connectivity index (χ4v) is 1.66. The number of rotatable bonds is 5. The molecule has 0 unspecified atom stereocenters. The lowest BCUT2D eigenvalue weighted by Crippen LogP contribution is -2.43. The molecule has 1 heterocycles. The van der Waals surface area contributed by atoms with Crippen molar-refractivity contribution in [2.24, 2.45) is 0 Å². The number of alkyl halides is 3. The number of amidine groups is 1. The second kappa shape index (κ2) is 7.87. The van der Waals surface area contributed by atoms with Gasteiger partial charge in [-0.2, -0.15) is 13.2 Å². The van der Waals surface area contributed by atoms with E-state index in [4.69, 9.17) is 14.9 Å². The Kier molecular flexibility index (Phi) is 6.47. The molecule has 1 aliphatic heterocycles. The summed E-state index contributed by atoms with van der Waals surface area (Å²) >= 11 is 0. The van der Waals surface area contributed by atoms with Gasteiger partial charge in [-0.1, -0.05) is 0 Å². The normalized spacial score (nSPS) is 16.6. The van der Waals surface area contributed by atoms with Crippen molar-refractivity contribution in [1.82, 2.24) is 10.2 Å². The van der Waals surface area contributed by atoms with Crippen molar-refractivity contribution in [2.45, 2.75) is 13.1 Å². The molecular weight excluding hydrogens is 291 g/mol. The number of ether oxygens (including phenoxy) is 2. The largest absolute Gasteiger partial charge is 0.462 e. The van der Waals surface area contributed by atoms with Crippen LogP contribution in [-0.4, -0.2) is 62.3 Å². The van der Waals surface area contributed by atoms with E-state index in [0.29, 0.717) is 26.3 Å². The number of nitrogens with one attached hydrogen (secondary N) is 2. The second-order valence-electron chi connectivity index (χ2n) is 4.22. The first-order valence-corrected chi connectivity index (χ1v) is 6.44. The van der Waals surface area contributed by atoms with Crippen LogP contribution in [0.25, 0.3) is 0 Å². The van der Waals surface area contributed by atoms with E-state index >= 15 is 0 Å². The Bertz CT molecular complexity index is 404. The third kappa shape index (κ3) is 6.03. The molecular formula is C12H18F3N3O3. The van der Waals surface area contributed by atoms with Crippen LogP contribution in [0.4, 0.5) is 13.2 Å². The van der Waals surface area contributed by atoms with Crippen molar-refractivity contribution in [3.05, 3.63) is 11.8 Å². The van der Waals surface area contributed by atoms with Gasteiger partial charge in [0.05, 0.1) is 19.8 Å². The number of hydrogen-bond acceptors (Lipinski definition) is 5. The van der Waals surface area contributed by atoms with E-state index < -0.39 is 18.7 Å². The van der Waals surface area contributed by atoms with Crippen LogP contribution in [0.1, 0.15) is 6.92 Å². The van der Waals surface area contributed by atoms with Gasteiger partial charge >= 0.3 is 12.1 Å². The summed E-state index contributed by atoms with van der Waals surface area (Å²) in [5.74, 6) is -1.00. The van der Waals surface area contributed by atoms with Gasteiger partial charge in [0.2, 0.25) is 0 Å². The Balaban J connectivity index is 2.77.